The third-order valence-electron chi connectivity index (χ3n) is 3.47. The Balaban J connectivity index is 1.85. The molecular formula is C14H16FN3O. The van der Waals surface area contributed by atoms with Gasteiger partial charge in [0.2, 0.25) is 11.7 Å². The second-order valence-corrected chi connectivity index (χ2v) is 4.92. The summed E-state index contributed by atoms with van der Waals surface area (Å²) in [5.41, 5.74) is 1.37. The lowest BCUT2D eigenvalue weighted by molar-refractivity contribution is 0.297. The van der Waals surface area contributed by atoms with Crippen LogP contribution in [0, 0.1) is 12.7 Å². The van der Waals surface area contributed by atoms with E-state index in [1.165, 1.54) is 18.9 Å². The maximum Gasteiger partial charge on any atom is 0.244 e. The number of aryl methyl sites for hydroxylation is 1. The maximum absolute atomic E-state index is 13.2. The molecule has 1 fully saturated rings. The minimum atomic E-state index is -0.221. The largest absolute Gasteiger partial charge is 0.337 e. The molecule has 1 atom stereocenters. The van der Waals surface area contributed by atoms with Gasteiger partial charge in [-0.1, -0.05) is 11.6 Å². The van der Waals surface area contributed by atoms with Crippen LogP contribution in [-0.4, -0.2) is 16.7 Å². The van der Waals surface area contributed by atoms with Crippen molar-refractivity contribution >= 4 is 0 Å². The molecule has 19 heavy (non-hydrogen) atoms. The van der Waals surface area contributed by atoms with Gasteiger partial charge in [-0.05, 0) is 50.1 Å². The summed E-state index contributed by atoms with van der Waals surface area (Å²) < 4.78 is 18.5. The highest BCUT2D eigenvalue weighted by atomic mass is 19.1. The minimum Gasteiger partial charge on any atom is -0.337 e. The Kier molecular flexibility index (Phi) is 3.29. The molecule has 2 aromatic rings. The molecule has 0 amide bonds. The SMILES string of the molecule is Cc1cc(-c2noc([C@H]3CCCCN3)n2)ccc1F. The average molecular weight is 261 g/mol. The van der Waals surface area contributed by atoms with Crippen LogP contribution in [0.2, 0.25) is 0 Å². The first kappa shape index (κ1) is 12.3. The molecule has 1 aliphatic rings. The van der Waals surface area contributed by atoms with Gasteiger partial charge in [-0.25, -0.2) is 4.39 Å². The monoisotopic (exact) mass is 261 g/mol. The van der Waals surface area contributed by atoms with Crippen LogP contribution in [0.1, 0.15) is 36.8 Å². The van der Waals surface area contributed by atoms with Gasteiger partial charge >= 0.3 is 0 Å². The van der Waals surface area contributed by atoms with Crippen molar-refractivity contribution in [3.05, 3.63) is 35.5 Å². The first-order chi connectivity index (χ1) is 9.24. The van der Waals surface area contributed by atoms with Crippen LogP contribution < -0.4 is 5.32 Å². The zero-order chi connectivity index (χ0) is 13.2. The van der Waals surface area contributed by atoms with Crippen LogP contribution in [0.3, 0.4) is 0 Å². The van der Waals surface area contributed by atoms with E-state index in [-0.39, 0.29) is 11.9 Å². The van der Waals surface area contributed by atoms with E-state index in [1.54, 1.807) is 19.1 Å². The fraction of sp³-hybridized carbons (Fsp3) is 0.429. The summed E-state index contributed by atoms with van der Waals surface area (Å²) in [6.07, 6.45) is 3.38. The standard InChI is InChI=1S/C14H16FN3O/c1-9-8-10(5-6-11(9)15)13-17-14(19-18-13)12-4-2-3-7-16-12/h5-6,8,12,16H,2-4,7H2,1H3/t12-/m1/s1. The van der Waals surface area contributed by atoms with Gasteiger partial charge in [-0.2, -0.15) is 4.98 Å². The summed E-state index contributed by atoms with van der Waals surface area (Å²) in [6, 6.07) is 4.99. The van der Waals surface area contributed by atoms with Gasteiger partial charge in [0, 0.05) is 5.56 Å². The first-order valence-electron chi connectivity index (χ1n) is 6.57. The predicted octanol–water partition coefficient (Wildman–Crippen LogP) is 3.00. The van der Waals surface area contributed by atoms with Crippen molar-refractivity contribution in [1.82, 2.24) is 15.5 Å². The number of halogens is 1. The normalized spacial score (nSPS) is 19.6. The highest BCUT2D eigenvalue weighted by molar-refractivity contribution is 5.55. The van der Waals surface area contributed by atoms with Crippen LogP contribution in [0.25, 0.3) is 11.4 Å². The third-order valence-corrected chi connectivity index (χ3v) is 3.47. The number of hydrogen-bond acceptors (Lipinski definition) is 4. The molecule has 0 bridgehead atoms. The molecule has 1 aromatic heterocycles. The summed E-state index contributed by atoms with van der Waals surface area (Å²) >= 11 is 0. The van der Waals surface area contributed by atoms with Crippen LogP contribution in [-0.2, 0) is 0 Å². The van der Waals surface area contributed by atoms with Gasteiger partial charge in [-0.15, -0.1) is 0 Å². The van der Waals surface area contributed by atoms with Crippen molar-refractivity contribution in [2.45, 2.75) is 32.2 Å². The topological polar surface area (TPSA) is 51.0 Å². The molecule has 3 rings (SSSR count). The molecule has 0 unspecified atom stereocenters. The van der Waals surface area contributed by atoms with E-state index in [0.717, 1.165) is 18.5 Å². The summed E-state index contributed by atoms with van der Waals surface area (Å²) in [5, 5.41) is 7.35. The molecule has 0 radical (unpaired) electrons. The molecule has 4 nitrogen and oxygen atoms in total. The van der Waals surface area contributed by atoms with E-state index in [9.17, 15) is 4.39 Å². The molecule has 1 N–H and O–H groups in total. The predicted molar refractivity (Wildman–Crippen MR) is 69.0 cm³/mol. The molecule has 1 aliphatic heterocycles. The second kappa shape index (κ2) is 5.09. The molecule has 100 valence electrons. The number of aromatic nitrogens is 2. The van der Waals surface area contributed by atoms with Gasteiger partial charge in [0.25, 0.3) is 0 Å². The van der Waals surface area contributed by atoms with Crippen LogP contribution in [0.5, 0.6) is 0 Å². The number of nitrogens with one attached hydrogen (secondary N) is 1. The van der Waals surface area contributed by atoms with Crippen molar-refractivity contribution in [3.63, 3.8) is 0 Å². The summed E-state index contributed by atoms with van der Waals surface area (Å²) in [6.45, 7) is 2.71. The van der Waals surface area contributed by atoms with Crippen LogP contribution >= 0.6 is 0 Å². The van der Waals surface area contributed by atoms with Crippen molar-refractivity contribution < 1.29 is 8.91 Å². The lowest BCUT2D eigenvalue weighted by Crippen LogP contribution is -2.26. The van der Waals surface area contributed by atoms with E-state index in [2.05, 4.69) is 15.5 Å². The van der Waals surface area contributed by atoms with E-state index in [4.69, 9.17) is 4.52 Å². The molecular weight excluding hydrogens is 245 g/mol. The Morgan fingerprint density at radius 2 is 2.26 bits per heavy atom. The van der Waals surface area contributed by atoms with Crippen LogP contribution in [0.15, 0.2) is 22.7 Å². The van der Waals surface area contributed by atoms with Gasteiger partial charge in [0.15, 0.2) is 0 Å². The Bertz CT molecular complexity index is 576. The van der Waals surface area contributed by atoms with E-state index < -0.39 is 0 Å². The molecule has 0 spiro atoms. The minimum absolute atomic E-state index is 0.150. The number of piperidine rings is 1. The second-order valence-electron chi connectivity index (χ2n) is 4.92. The quantitative estimate of drug-likeness (QED) is 0.902. The van der Waals surface area contributed by atoms with E-state index in [0.29, 0.717) is 17.3 Å². The smallest absolute Gasteiger partial charge is 0.244 e. The number of benzene rings is 1. The maximum atomic E-state index is 13.2. The molecule has 1 aromatic carbocycles. The number of rotatable bonds is 2. The third kappa shape index (κ3) is 2.51. The van der Waals surface area contributed by atoms with Crippen molar-refractivity contribution in [1.29, 1.82) is 0 Å². The highest BCUT2D eigenvalue weighted by Gasteiger charge is 2.21. The average Bonchev–Trinajstić information content (AvgIpc) is 2.93. The fourth-order valence-corrected chi connectivity index (χ4v) is 2.34. The molecule has 2 heterocycles. The van der Waals surface area contributed by atoms with Gasteiger partial charge < -0.3 is 9.84 Å². The number of hydrogen-bond donors (Lipinski definition) is 1. The van der Waals surface area contributed by atoms with Gasteiger partial charge in [-0.3, -0.25) is 0 Å². The first-order valence-corrected chi connectivity index (χ1v) is 6.57. The Labute approximate surface area is 111 Å². The molecule has 5 heteroatoms. The lowest BCUT2D eigenvalue weighted by atomic mass is 10.1. The lowest BCUT2D eigenvalue weighted by Gasteiger charge is -2.19. The highest BCUT2D eigenvalue weighted by Crippen LogP contribution is 2.25. The Morgan fingerprint density at radius 1 is 1.37 bits per heavy atom. The zero-order valence-corrected chi connectivity index (χ0v) is 10.8. The Hall–Kier alpha value is -1.75. The van der Waals surface area contributed by atoms with Crippen molar-refractivity contribution in [2.24, 2.45) is 0 Å². The van der Waals surface area contributed by atoms with E-state index >= 15 is 0 Å². The van der Waals surface area contributed by atoms with E-state index in [1.807, 2.05) is 0 Å². The zero-order valence-electron chi connectivity index (χ0n) is 10.8. The summed E-state index contributed by atoms with van der Waals surface area (Å²) in [5.74, 6) is 0.920. The fourth-order valence-electron chi connectivity index (χ4n) is 2.34. The molecule has 0 aliphatic carbocycles. The molecule has 0 saturated carbocycles. The number of nitrogens with zero attached hydrogens (tertiary/aromatic N) is 2. The summed E-state index contributed by atoms with van der Waals surface area (Å²) in [7, 11) is 0. The van der Waals surface area contributed by atoms with Gasteiger partial charge in [0.05, 0.1) is 6.04 Å². The van der Waals surface area contributed by atoms with Crippen LogP contribution in [0.4, 0.5) is 4.39 Å². The summed E-state index contributed by atoms with van der Waals surface area (Å²) in [4.78, 5) is 4.41. The van der Waals surface area contributed by atoms with Crippen molar-refractivity contribution in [3.8, 4) is 11.4 Å². The Morgan fingerprint density at radius 3 is 3.00 bits per heavy atom. The van der Waals surface area contributed by atoms with Gasteiger partial charge in [0.1, 0.15) is 5.82 Å². The van der Waals surface area contributed by atoms with Crippen molar-refractivity contribution in [2.75, 3.05) is 6.54 Å². The molecule has 1 saturated heterocycles.